The van der Waals surface area contributed by atoms with Gasteiger partial charge in [-0.2, -0.15) is 0 Å². The molecule has 2 aromatic heterocycles. The molecule has 0 aliphatic carbocycles. The summed E-state index contributed by atoms with van der Waals surface area (Å²) in [6, 6.07) is 12.7. The Hall–Kier alpha value is -2.97. The largest absolute Gasteiger partial charge is 0.485 e. The van der Waals surface area contributed by atoms with Gasteiger partial charge in [-0.15, -0.1) is 10.2 Å². The first-order chi connectivity index (χ1) is 15.0. The molecule has 1 aliphatic rings. The number of para-hydroxylation sites is 2. The molecule has 3 heterocycles. The van der Waals surface area contributed by atoms with Crippen LogP contribution < -0.4 is 15.1 Å². The summed E-state index contributed by atoms with van der Waals surface area (Å²) in [6.07, 6.45) is -0.354. The Morgan fingerprint density at radius 2 is 2.00 bits per heavy atom. The molecule has 158 valence electrons. The minimum absolute atomic E-state index is 0.354. The topological polar surface area (TPSA) is 79.4 Å². The minimum atomic E-state index is -0.394. The highest BCUT2D eigenvalue weighted by Gasteiger charge is 2.27. The maximum absolute atomic E-state index is 12.0. The molecule has 1 atom stereocenters. The van der Waals surface area contributed by atoms with Gasteiger partial charge < -0.3 is 18.5 Å². The second kappa shape index (κ2) is 7.94. The van der Waals surface area contributed by atoms with E-state index in [4.69, 9.17) is 25.5 Å². The fourth-order valence-electron chi connectivity index (χ4n) is 3.49. The summed E-state index contributed by atoms with van der Waals surface area (Å²) in [5, 5.41) is 10.8. The van der Waals surface area contributed by atoms with Crippen molar-refractivity contribution >= 4 is 34.3 Å². The monoisotopic (exact) mass is 455 g/mol. The highest BCUT2D eigenvalue weighted by molar-refractivity contribution is 7.98. The van der Waals surface area contributed by atoms with Crippen LogP contribution in [0.15, 0.2) is 56.8 Å². The molecule has 0 saturated carbocycles. The maximum Gasteiger partial charge on any atom is 0.336 e. The Bertz CT molecular complexity index is 1350. The van der Waals surface area contributed by atoms with Crippen LogP contribution >= 0.6 is 23.4 Å². The molecule has 4 aromatic rings. The number of hydrogen-bond acceptors (Lipinski definition) is 7. The summed E-state index contributed by atoms with van der Waals surface area (Å²) in [6.45, 7) is 2.23. The zero-order valence-corrected chi connectivity index (χ0v) is 18.4. The molecule has 5 rings (SSSR count). The van der Waals surface area contributed by atoms with E-state index in [1.165, 1.54) is 17.8 Å². The highest BCUT2D eigenvalue weighted by Crippen LogP contribution is 2.36. The van der Waals surface area contributed by atoms with Gasteiger partial charge in [0.1, 0.15) is 12.2 Å². The van der Waals surface area contributed by atoms with Gasteiger partial charge in [-0.25, -0.2) is 4.79 Å². The minimum Gasteiger partial charge on any atom is -0.485 e. The van der Waals surface area contributed by atoms with Crippen molar-refractivity contribution in [1.82, 2.24) is 14.8 Å². The Kier molecular flexibility index (Phi) is 5.11. The van der Waals surface area contributed by atoms with Crippen LogP contribution in [0, 0.1) is 6.92 Å². The number of rotatable bonds is 4. The van der Waals surface area contributed by atoms with E-state index in [1.54, 1.807) is 6.07 Å². The Morgan fingerprint density at radius 1 is 1.19 bits per heavy atom. The first-order valence-corrected chi connectivity index (χ1v) is 11.0. The predicted molar refractivity (Wildman–Crippen MR) is 118 cm³/mol. The molecule has 1 unspecified atom stereocenters. The molecule has 0 N–H and O–H groups in total. The Balaban J connectivity index is 1.39. The fourth-order valence-corrected chi connectivity index (χ4v) is 4.56. The average Bonchev–Trinajstić information content (AvgIpc) is 3.13. The first kappa shape index (κ1) is 20.0. The summed E-state index contributed by atoms with van der Waals surface area (Å²) in [4.78, 5) is 12.0. The SMILES string of the molecule is Cc1cc2oc(=O)cc(CSc3nnc(C4COc5ccccc5O4)n3C)c2cc1Cl. The van der Waals surface area contributed by atoms with E-state index in [0.29, 0.717) is 39.7 Å². The standard InChI is InChI=1S/C22H18ClN3O4S/c1-12-7-18-14(9-15(12)23)13(8-20(27)30-18)11-31-22-25-24-21(26(22)2)19-10-28-16-5-3-4-6-17(16)29-19/h3-9,19H,10-11H2,1-2H3. The number of nitrogens with zero attached hydrogens (tertiary/aromatic N) is 3. The molecule has 0 bridgehead atoms. The van der Waals surface area contributed by atoms with Gasteiger partial charge in [0.05, 0.1) is 0 Å². The van der Waals surface area contributed by atoms with Gasteiger partial charge in [0, 0.05) is 29.3 Å². The Labute approximate surface area is 186 Å². The lowest BCUT2D eigenvalue weighted by molar-refractivity contribution is 0.0825. The van der Waals surface area contributed by atoms with Crippen LogP contribution in [0.3, 0.4) is 0 Å². The van der Waals surface area contributed by atoms with E-state index in [2.05, 4.69) is 10.2 Å². The van der Waals surface area contributed by atoms with E-state index in [0.717, 1.165) is 22.3 Å². The molecule has 0 fully saturated rings. The molecule has 7 nitrogen and oxygen atoms in total. The van der Waals surface area contributed by atoms with Crippen molar-refractivity contribution in [1.29, 1.82) is 0 Å². The zero-order chi connectivity index (χ0) is 21.5. The molecule has 31 heavy (non-hydrogen) atoms. The summed E-state index contributed by atoms with van der Waals surface area (Å²) in [5.41, 5.74) is 1.81. The molecule has 1 aliphatic heterocycles. The molecular weight excluding hydrogens is 438 g/mol. The average molecular weight is 456 g/mol. The van der Waals surface area contributed by atoms with Crippen LogP contribution in [0.1, 0.15) is 23.1 Å². The predicted octanol–water partition coefficient (Wildman–Crippen LogP) is 4.69. The normalized spacial score (nSPS) is 15.4. The second-order valence-corrected chi connectivity index (χ2v) is 8.59. The van der Waals surface area contributed by atoms with E-state index in [9.17, 15) is 4.79 Å². The summed E-state index contributed by atoms with van der Waals surface area (Å²) in [7, 11) is 1.89. The van der Waals surface area contributed by atoms with Crippen molar-refractivity contribution < 1.29 is 13.9 Å². The van der Waals surface area contributed by atoms with Gasteiger partial charge in [0.2, 0.25) is 0 Å². The van der Waals surface area contributed by atoms with E-state index in [1.807, 2.05) is 48.9 Å². The van der Waals surface area contributed by atoms with Crippen molar-refractivity contribution in [3.8, 4) is 11.5 Å². The van der Waals surface area contributed by atoms with Gasteiger partial charge in [-0.3, -0.25) is 0 Å². The van der Waals surface area contributed by atoms with Gasteiger partial charge in [0.15, 0.2) is 28.6 Å². The van der Waals surface area contributed by atoms with Crippen molar-refractivity contribution in [2.75, 3.05) is 6.61 Å². The van der Waals surface area contributed by atoms with E-state index in [-0.39, 0.29) is 6.10 Å². The number of halogens is 1. The third-order valence-electron chi connectivity index (χ3n) is 5.13. The van der Waals surface area contributed by atoms with Gasteiger partial charge >= 0.3 is 5.63 Å². The van der Waals surface area contributed by atoms with Gasteiger partial charge in [-0.1, -0.05) is 35.5 Å². The number of aromatic nitrogens is 3. The lowest BCUT2D eigenvalue weighted by Gasteiger charge is -2.25. The lowest BCUT2D eigenvalue weighted by Crippen LogP contribution is -2.24. The number of hydrogen-bond donors (Lipinski definition) is 0. The smallest absolute Gasteiger partial charge is 0.336 e. The van der Waals surface area contributed by atoms with E-state index < -0.39 is 5.63 Å². The zero-order valence-electron chi connectivity index (χ0n) is 16.8. The van der Waals surface area contributed by atoms with Crippen LogP contribution in [0.25, 0.3) is 11.0 Å². The highest BCUT2D eigenvalue weighted by atomic mass is 35.5. The fraction of sp³-hybridized carbons (Fsp3) is 0.227. The van der Waals surface area contributed by atoms with Gasteiger partial charge in [0.25, 0.3) is 0 Å². The molecule has 0 saturated heterocycles. The van der Waals surface area contributed by atoms with E-state index >= 15 is 0 Å². The quantitative estimate of drug-likeness (QED) is 0.326. The lowest BCUT2D eigenvalue weighted by atomic mass is 10.1. The molecule has 9 heteroatoms. The van der Waals surface area contributed by atoms with Crippen LogP contribution in [-0.2, 0) is 12.8 Å². The second-order valence-electron chi connectivity index (χ2n) is 7.24. The first-order valence-electron chi connectivity index (χ1n) is 9.63. The van der Waals surface area contributed by atoms with Crippen LogP contribution in [0.2, 0.25) is 5.02 Å². The van der Waals surface area contributed by atoms with Crippen molar-refractivity contribution in [2.24, 2.45) is 7.05 Å². The molecule has 0 amide bonds. The van der Waals surface area contributed by atoms with Crippen molar-refractivity contribution in [2.45, 2.75) is 23.9 Å². The molecular formula is C22H18ClN3O4S. The number of thioether (sulfide) groups is 1. The van der Waals surface area contributed by atoms with Crippen molar-refractivity contribution in [3.63, 3.8) is 0 Å². The van der Waals surface area contributed by atoms with Crippen molar-refractivity contribution in [3.05, 3.63) is 74.9 Å². The number of fused-ring (bicyclic) bond motifs is 2. The molecule has 2 aromatic carbocycles. The molecule has 0 spiro atoms. The van der Waals surface area contributed by atoms with Crippen LogP contribution in [0.4, 0.5) is 0 Å². The summed E-state index contributed by atoms with van der Waals surface area (Å²) in [5.74, 6) is 2.59. The summed E-state index contributed by atoms with van der Waals surface area (Å²) < 4.78 is 19.1. The molecule has 0 radical (unpaired) electrons. The third kappa shape index (κ3) is 3.77. The maximum atomic E-state index is 12.0. The Morgan fingerprint density at radius 3 is 2.84 bits per heavy atom. The third-order valence-corrected chi connectivity index (χ3v) is 6.61. The number of benzene rings is 2. The van der Waals surface area contributed by atoms with Crippen LogP contribution in [0.5, 0.6) is 11.5 Å². The van der Waals surface area contributed by atoms with Gasteiger partial charge in [-0.05, 0) is 42.3 Å². The van der Waals surface area contributed by atoms with Crippen LogP contribution in [-0.4, -0.2) is 21.4 Å². The number of aryl methyl sites for hydroxylation is 1. The number of ether oxygens (including phenoxy) is 2. The summed E-state index contributed by atoms with van der Waals surface area (Å²) >= 11 is 7.76.